The van der Waals surface area contributed by atoms with Crippen molar-refractivity contribution in [3.63, 3.8) is 0 Å². The van der Waals surface area contributed by atoms with Gasteiger partial charge in [0.15, 0.2) is 0 Å². The van der Waals surface area contributed by atoms with E-state index < -0.39 is 17.1 Å². The minimum Gasteiger partial charge on any atom is -0.481 e. The molecule has 0 saturated heterocycles. The van der Waals surface area contributed by atoms with Crippen LogP contribution in [0.1, 0.15) is 77.9 Å². The summed E-state index contributed by atoms with van der Waals surface area (Å²) in [6, 6.07) is 18.9. The van der Waals surface area contributed by atoms with Crippen LogP contribution in [0.5, 0.6) is 5.88 Å². The Hall–Kier alpha value is -4.99. The molecule has 2 heterocycles. The molecule has 2 aromatic heterocycles. The molecular formula is C33H36N4O6. The van der Waals surface area contributed by atoms with Gasteiger partial charge in [0.25, 0.3) is 17.4 Å². The largest absolute Gasteiger partial charge is 0.481 e. The van der Waals surface area contributed by atoms with Gasteiger partial charge in [0.05, 0.1) is 13.2 Å². The second-order valence-electron chi connectivity index (χ2n) is 11.2. The van der Waals surface area contributed by atoms with Crippen molar-refractivity contribution in [1.29, 1.82) is 0 Å². The summed E-state index contributed by atoms with van der Waals surface area (Å²) in [5, 5.41) is 6.39. The first-order valence-corrected chi connectivity index (χ1v) is 14.0. The number of carbonyl (C=O) groups is 3. The van der Waals surface area contributed by atoms with E-state index in [2.05, 4.69) is 20.6 Å². The zero-order valence-corrected chi connectivity index (χ0v) is 24.9. The van der Waals surface area contributed by atoms with E-state index in [4.69, 9.17) is 9.47 Å². The predicted octanol–water partition coefficient (Wildman–Crippen LogP) is 5.48. The van der Waals surface area contributed by atoms with Crippen molar-refractivity contribution in [2.24, 2.45) is 0 Å². The topological polar surface area (TPSA) is 139 Å². The van der Waals surface area contributed by atoms with Gasteiger partial charge in [0.1, 0.15) is 16.8 Å². The number of aryl methyl sites for hydroxylation is 1. The number of carbonyl (C=O) groups excluding carboxylic acids is 3. The number of nitrogens with zero attached hydrogens (tertiary/aromatic N) is 1. The van der Waals surface area contributed by atoms with Crippen LogP contribution in [-0.2, 0) is 9.53 Å². The number of hydrogen-bond donors (Lipinski definition) is 3. The van der Waals surface area contributed by atoms with E-state index in [1.165, 1.54) is 13.2 Å². The average Bonchev–Trinajstić information content (AvgIpc) is 2.96. The second kappa shape index (κ2) is 13.3. The zero-order valence-electron chi connectivity index (χ0n) is 24.9. The average molecular weight is 585 g/mol. The first kappa shape index (κ1) is 31.0. The van der Waals surface area contributed by atoms with E-state index in [0.717, 1.165) is 5.56 Å². The van der Waals surface area contributed by atoms with Gasteiger partial charge < -0.3 is 25.1 Å². The van der Waals surface area contributed by atoms with Gasteiger partial charge in [-0.15, -0.1) is 0 Å². The minimum absolute atomic E-state index is 0.0946. The van der Waals surface area contributed by atoms with Crippen LogP contribution in [0.15, 0.2) is 71.5 Å². The summed E-state index contributed by atoms with van der Waals surface area (Å²) in [6.07, 6.45) is 1.27. The third-order valence-electron chi connectivity index (χ3n) is 6.68. The lowest BCUT2D eigenvalue weighted by atomic mass is 10.00. The molecule has 0 radical (unpaired) electrons. The summed E-state index contributed by atoms with van der Waals surface area (Å²) in [6.45, 7) is 7.27. The summed E-state index contributed by atoms with van der Waals surface area (Å²) in [4.78, 5) is 58.3. The number of hydrogen-bond acceptors (Lipinski definition) is 7. The van der Waals surface area contributed by atoms with E-state index >= 15 is 0 Å². The molecule has 4 aromatic rings. The van der Waals surface area contributed by atoms with Crippen LogP contribution >= 0.6 is 0 Å². The summed E-state index contributed by atoms with van der Waals surface area (Å²) in [5.41, 5.74) is 1.39. The van der Waals surface area contributed by atoms with Gasteiger partial charge in [-0.3, -0.25) is 19.2 Å². The number of fused-ring (bicyclic) bond motifs is 1. The molecule has 10 heteroatoms. The number of rotatable bonds is 10. The lowest BCUT2D eigenvalue weighted by molar-refractivity contribution is -0.154. The normalized spacial score (nSPS) is 11.9. The number of H-pyrrole nitrogens is 1. The summed E-state index contributed by atoms with van der Waals surface area (Å²) >= 11 is 0. The molecule has 224 valence electrons. The number of anilines is 1. The van der Waals surface area contributed by atoms with Gasteiger partial charge in [-0.2, -0.15) is 4.98 Å². The highest BCUT2D eigenvalue weighted by Gasteiger charge is 2.20. The van der Waals surface area contributed by atoms with Crippen LogP contribution in [0.3, 0.4) is 0 Å². The predicted molar refractivity (Wildman–Crippen MR) is 164 cm³/mol. The maximum atomic E-state index is 13.4. The monoisotopic (exact) mass is 584 g/mol. The van der Waals surface area contributed by atoms with E-state index in [0.29, 0.717) is 46.6 Å². The van der Waals surface area contributed by atoms with Gasteiger partial charge >= 0.3 is 5.97 Å². The SMILES string of the molecule is COc1ccc2cc(C(=O)Nc3cc(C(=O)NC(CCCC(=O)OC(C)(C)C)c4ccccc4)ccc3C)c(=O)[nH]c2n1. The number of ether oxygens (including phenoxy) is 2. The molecule has 2 amide bonds. The number of benzene rings is 2. The Morgan fingerprint density at radius 1 is 0.977 bits per heavy atom. The van der Waals surface area contributed by atoms with Gasteiger partial charge in [0.2, 0.25) is 5.88 Å². The maximum absolute atomic E-state index is 13.4. The smallest absolute Gasteiger partial charge is 0.306 e. The van der Waals surface area contributed by atoms with E-state index in [-0.39, 0.29) is 29.9 Å². The third kappa shape index (κ3) is 8.28. The highest BCUT2D eigenvalue weighted by Crippen LogP contribution is 2.23. The van der Waals surface area contributed by atoms with E-state index in [1.54, 1.807) is 37.3 Å². The van der Waals surface area contributed by atoms with Crippen molar-refractivity contribution in [3.05, 3.63) is 99.3 Å². The second-order valence-corrected chi connectivity index (χ2v) is 11.2. The Bertz CT molecular complexity index is 1690. The molecule has 0 spiro atoms. The minimum atomic E-state index is -0.621. The molecule has 2 aromatic carbocycles. The molecule has 0 bridgehead atoms. The molecule has 0 saturated carbocycles. The number of nitrogens with one attached hydrogen (secondary N) is 3. The zero-order chi connectivity index (χ0) is 31.1. The molecule has 0 aliphatic heterocycles. The lowest BCUT2D eigenvalue weighted by Gasteiger charge is -2.21. The van der Waals surface area contributed by atoms with Gasteiger partial charge in [0, 0.05) is 29.1 Å². The number of methoxy groups -OCH3 is 1. The molecule has 3 N–H and O–H groups in total. The summed E-state index contributed by atoms with van der Waals surface area (Å²) < 4.78 is 10.5. The lowest BCUT2D eigenvalue weighted by Crippen LogP contribution is -2.29. The molecule has 43 heavy (non-hydrogen) atoms. The molecule has 1 atom stereocenters. The molecule has 0 aliphatic rings. The number of esters is 1. The quantitative estimate of drug-likeness (QED) is 0.210. The van der Waals surface area contributed by atoms with Gasteiger partial charge in [-0.1, -0.05) is 36.4 Å². The standard InChI is InChI=1S/C33H36N4O6/c1-20-14-15-23(19-26(20)35-31(40)24-18-22-16-17-27(42-5)36-29(22)37-32(24)41)30(39)34-25(21-10-7-6-8-11-21)12-9-13-28(38)43-33(2,3)4/h6-8,10-11,14-19,25H,9,12-13H2,1-5H3,(H,34,39)(H,35,40)(H,36,37,41). The van der Waals surface area contributed by atoms with Crippen molar-refractivity contribution in [2.45, 2.75) is 58.6 Å². The van der Waals surface area contributed by atoms with Crippen LogP contribution in [0.2, 0.25) is 0 Å². The van der Waals surface area contributed by atoms with Crippen molar-refractivity contribution < 1.29 is 23.9 Å². The van der Waals surface area contributed by atoms with Crippen molar-refractivity contribution in [3.8, 4) is 5.88 Å². The summed E-state index contributed by atoms with van der Waals surface area (Å²) in [7, 11) is 1.47. The van der Waals surface area contributed by atoms with Crippen molar-refractivity contribution >= 4 is 34.5 Å². The van der Waals surface area contributed by atoms with E-state index in [9.17, 15) is 19.2 Å². The molecule has 0 aliphatic carbocycles. The number of amides is 2. The van der Waals surface area contributed by atoms with Gasteiger partial charge in [-0.05, 0) is 75.9 Å². The number of aromatic amines is 1. The van der Waals surface area contributed by atoms with Crippen LogP contribution in [-0.4, -0.2) is 40.5 Å². The van der Waals surface area contributed by atoms with Crippen LogP contribution < -0.4 is 20.9 Å². The summed E-state index contributed by atoms with van der Waals surface area (Å²) in [5.74, 6) is -0.913. The first-order valence-electron chi connectivity index (χ1n) is 14.0. The third-order valence-corrected chi connectivity index (χ3v) is 6.68. The fourth-order valence-electron chi connectivity index (χ4n) is 4.53. The highest BCUT2D eigenvalue weighted by atomic mass is 16.6. The number of aromatic nitrogens is 2. The molecule has 4 rings (SSSR count). The van der Waals surface area contributed by atoms with Gasteiger partial charge in [-0.25, -0.2) is 0 Å². The Morgan fingerprint density at radius 3 is 2.42 bits per heavy atom. The molecule has 0 fully saturated rings. The Labute approximate surface area is 249 Å². The molecular weight excluding hydrogens is 548 g/mol. The van der Waals surface area contributed by atoms with Crippen LogP contribution in [0.4, 0.5) is 5.69 Å². The van der Waals surface area contributed by atoms with E-state index in [1.807, 2.05) is 51.1 Å². The first-order chi connectivity index (χ1) is 20.4. The fourth-order valence-corrected chi connectivity index (χ4v) is 4.53. The highest BCUT2D eigenvalue weighted by molar-refractivity contribution is 6.06. The van der Waals surface area contributed by atoms with Crippen molar-refractivity contribution in [1.82, 2.24) is 15.3 Å². The Morgan fingerprint density at radius 2 is 1.72 bits per heavy atom. The van der Waals surface area contributed by atoms with Crippen LogP contribution in [0, 0.1) is 6.92 Å². The molecule has 10 nitrogen and oxygen atoms in total. The Kier molecular flexibility index (Phi) is 9.59. The van der Waals surface area contributed by atoms with Crippen molar-refractivity contribution in [2.75, 3.05) is 12.4 Å². The number of pyridine rings is 2. The molecule has 1 unspecified atom stereocenters. The maximum Gasteiger partial charge on any atom is 0.306 e. The fraction of sp³-hybridized carbons (Fsp3) is 0.303. The van der Waals surface area contributed by atoms with Crippen LogP contribution in [0.25, 0.3) is 11.0 Å². The Balaban J connectivity index is 1.49.